The summed E-state index contributed by atoms with van der Waals surface area (Å²) in [5, 5.41) is 12.9. The number of benzene rings is 1. The van der Waals surface area contributed by atoms with Gasteiger partial charge in [-0.3, -0.25) is 9.59 Å². The number of hydrogen-bond acceptors (Lipinski definition) is 5. The van der Waals surface area contributed by atoms with E-state index in [1.165, 1.54) is 13.2 Å². The fourth-order valence-electron chi connectivity index (χ4n) is 3.91. The Bertz CT molecular complexity index is 905. The molecule has 8 nitrogen and oxygen atoms in total. The third-order valence-corrected chi connectivity index (χ3v) is 5.50. The molecule has 2 amide bonds. The van der Waals surface area contributed by atoms with Crippen LogP contribution in [0.3, 0.4) is 0 Å². The highest BCUT2D eigenvalue weighted by atomic mass is 16.5. The number of nitrogens with one attached hydrogen (secondary N) is 1. The first-order valence-electron chi connectivity index (χ1n) is 9.46. The lowest BCUT2D eigenvalue weighted by atomic mass is 9.86. The summed E-state index contributed by atoms with van der Waals surface area (Å²) in [7, 11) is 3.39. The van der Waals surface area contributed by atoms with Crippen LogP contribution in [0.5, 0.6) is 11.5 Å². The number of methoxy groups -OCH3 is 1. The SMILES string of the molecule is COc1ccc(O)c(NC(=O)[C@H]2CCC(=O)N(C3CC3)[C@@H]2c2nccn2C)c1. The second kappa shape index (κ2) is 7.18. The Morgan fingerprint density at radius 3 is 2.75 bits per heavy atom. The van der Waals surface area contributed by atoms with Gasteiger partial charge in [-0.05, 0) is 31.4 Å². The number of imidazole rings is 1. The van der Waals surface area contributed by atoms with Gasteiger partial charge >= 0.3 is 0 Å². The zero-order chi connectivity index (χ0) is 19.8. The van der Waals surface area contributed by atoms with Crippen LogP contribution in [0.15, 0.2) is 30.6 Å². The minimum atomic E-state index is -0.454. The van der Waals surface area contributed by atoms with Crippen LogP contribution in [0.25, 0.3) is 0 Å². The molecule has 1 saturated heterocycles. The van der Waals surface area contributed by atoms with E-state index in [-0.39, 0.29) is 29.3 Å². The number of rotatable bonds is 5. The lowest BCUT2D eigenvalue weighted by molar-refractivity contribution is -0.143. The Balaban J connectivity index is 1.65. The second-order valence-corrected chi connectivity index (χ2v) is 7.39. The minimum absolute atomic E-state index is 0.0337. The van der Waals surface area contributed by atoms with E-state index >= 15 is 0 Å². The Morgan fingerprint density at radius 2 is 2.11 bits per heavy atom. The molecule has 2 fully saturated rings. The second-order valence-electron chi connectivity index (χ2n) is 7.39. The summed E-state index contributed by atoms with van der Waals surface area (Å²) < 4.78 is 7.04. The van der Waals surface area contributed by atoms with E-state index in [0.29, 0.717) is 24.4 Å². The average molecular weight is 384 g/mol. The fraction of sp³-hybridized carbons (Fsp3) is 0.450. The zero-order valence-electron chi connectivity index (χ0n) is 16.0. The number of carbonyl (C=O) groups excluding carboxylic acids is 2. The normalized spacial score (nSPS) is 22.2. The largest absolute Gasteiger partial charge is 0.506 e. The van der Waals surface area contributed by atoms with E-state index in [2.05, 4.69) is 10.3 Å². The quantitative estimate of drug-likeness (QED) is 0.771. The van der Waals surface area contributed by atoms with Gasteiger partial charge in [0.25, 0.3) is 0 Å². The van der Waals surface area contributed by atoms with Crippen LogP contribution in [0.4, 0.5) is 5.69 Å². The molecule has 2 N–H and O–H groups in total. The van der Waals surface area contributed by atoms with E-state index in [1.807, 2.05) is 22.7 Å². The molecule has 2 atom stereocenters. The van der Waals surface area contributed by atoms with Crippen molar-refractivity contribution in [1.82, 2.24) is 14.5 Å². The predicted molar refractivity (Wildman–Crippen MR) is 102 cm³/mol. The third kappa shape index (κ3) is 3.30. The average Bonchev–Trinajstić information content (AvgIpc) is 3.43. The van der Waals surface area contributed by atoms with Crippen LogP contribution in [0.2, 0.25) is 0 Å². The van der Waals surface area contributed by atoms with Crippen molar-refractivity contribution < 1.29 is 19.4 Å². The lowest BCUT2D eigenvalue weighted by Gasteiger charge is -2.40. The number of aromatic nitrogens is 2. The smallest absolute Gasteiger partial charge is 0.230 e. The Morgan fingerprint density at radius 1 is 1.32 bits per heavy atom. The van der Waals surface area contributed by atoms with Gasteiger partial charge in [0, 0.05) is 38.0 Å². The van der Waals surface area contributed by atoms with Crippen LogP contribution in [0.1, 0.15) is 37.5 Å². The number of hydrogen-bond donors (Lipinski definition) is 2. The number of nitrogens with zero attached hydrogens (tertiary/aromatic N) is 3. The van der Waals surface area contributed by atoms with Crippen molar-refractivity contribution in [2.75, 3.05) is 12.4 Å². The van der Waals surface area contributed by atoms with Gasteiger partial charge in [-0.25, -0.2) is 4.98 Å². The maximum Gasteiger partial charge on any atom is 0.230 e. The first-order chi connectivity index (χ1) is 13.5. The Kier molecular flexibility index (Phi) is 4.70. The molecule has 1 aromatic carbocycles. The number of piperidine rings is 1. The monoisotopic (exact) mass is 384 g/mol. The first kappa shape index (κ1) is 18.3. The van der Waals surface area contributed by atoms with Crippen molar-refractivity contribution in [1.29, 1.82) is 0 Å². The number of likely N-dealkylation sites (tertiary alicyclic amines) is 1. The summed E-state index contributed by atoms with van der Waals surface area (Å²) in [4.78, 5) is 32.1. The minimum Gasteiger partial charge on any atom is -0.506 e. The number of ether oxygens (including phenoxy) is 1. The van der Waals surface area contributed by atoms with E-state index in [0.717, 1.165) is 12.8 Å². The number of anilines is 1. The maximum absolute atomic E-state index is 13.2. The zero-order valence-corrected chi connectivity index (χ0v) is 16.0. The molecular weight excluding hydrogens is 360 g/mol. The molecule has 0 radical (unpaired) electrons. The maximum atomic E-state index is 13.2. The molecule has 28 heavy (non-hydrogen) atoms. The molecule has 148 valence electrons. The molecule has 1 aliphatic carbocycles. The molecule has 1 saturated carbocycles. The summed E-state index contributed by atoms with van der Waals surface area (Å²) in [6.45, 7) is 0. The van der Waals surface area contributed by atoms with Crippen LogP contribution < -0.4 is 10.1 Å². The van der Waals surface area contributed by atoms with Gasteiger partial charge in [0.05, 0.1) is 18.7 Å². The predicted octanol–water partition coefficient (Wildman–Crippen LogP) is 2.22. The number of carbonyl (C=O) groups is 2. The Labute approximate surface area is 163 Å². The molecule has 8 heteroatoms. The van der Waals surface area contributed by atoms with Gasteiger partial charge in [-0.15, -0.1) is 0 Å². The van der Waals surface area contributed by atoms with Gasteiger partial charge in [-0.2, -0.15) is 0 Å². The number of phenolic OH excluding ortho intramolecular Hbond substituents is 1. The van der Waals surface area contributed by atoms with Gasteiger partial charge < -0.3 is 24.6 Å². The fourth-order valence-corrected chi connectivity index (χ4v) is 3.91. The summed E-state index contributed by atoms with van der Waals surface area (Å²) in [6.07, 6.45) is 6.19. The summed E-state index contributed by atoms with van der Waals surface area (Å²) in [6, 6.07) is 4.44. The highest BCUT2D eigenvalue weighted by molar-refractivity contribution is 5.96. The number of amides is 2. The van der Waals surface area contributed by atoms with Crippen LogP contribution in [-0.2, 0) is 16.6 Å². The van der Waals surface area contributed by atoms with Crippen molar-refractivity contribution in [3.05, 3.63) is 36.4 Å². The first-order valence-corrected chi connectivity index (χ1v) is 9.46. The van der Waals surface area contributed by atoms with Gasteiger partial charge in [-0.1, -0.05) is 0 Å². The van der Waals surface area contributed by atoms with Gasteiger partial charge in [0.1, 0.15) is 23.4 Å². The van der Waals surface area contributed by atoms with Crippen LogP contribution in [0, 0.1) is 5.92 Å². The number of phenols is 1. The molecule has 0 unspecified atom stereocenters. The Hall–Kier alpha value is -3.03. The molecule has 4 rings (SSSR count). The van der Waals surface area contributed by atoms with Crippen molar-refractivity contribution in [2.24, 2.45) is 13.0 Å². The van der Waals surface area contributed by atoms with Crippen molar-refractivity contribution in [3.8, 4) is 11.5 Å². The standard InChI is InChI=1S/C20H24N4O4/c1-23-10-9-21-19(23)18-14(6-8-17(26)24(18)12-3-4-12)20(27)22-15-11-13(28-2)5-7-16(15)25/h5,7,9-12,14,18,25H,3-4,6,8H2,1-2H3,(H,22,27)/t14-,18-/m0/s1. The molecule has 2 heterocycles. The lowest BCUT2D eigenvalue weighted by Crippen LogP contribution is -2.48. The van der Waals surface area contributed by atoms with E-state index in [9.17, 15) is 14.7 Å². The number of aromatic hydroxyl groups is 1. The van der Waals surface area contributed by atoms with E-state index in [1.54, 1.807) is 18.3 Å². The molecule has 0 bridgehead atoms. The summed E-state index contributed by atoms with van der Waals surface area (Å²) >= 11 is 0. The van der Waals surface area contributed by atoms with Gasteiger partial charge in [0.15, 0.2) is 0 Å². The van der Waals surface area contributed by atoms with Crippen LogP contribution in [-0.4, -0.2) is 44.5 Å². The van der Waals surface area contributed by atoms with Crippen molar-refractivity contribution in [3.63, 3.8) is 0 Å². The van der Waals surface area contributed by atoms with Gasteiger partial charge in [0.2, 0.25) is 11.8 Å². The van der Waals surface area contributed by atoms with Crippen LogP contribution >= 0.6 is 0 Å². The van der Waals surface area contributed by atoms with E-state index in [4.69, 9.17) is 4.74 Å². The topological polar surface area (TPSA) is 96.7 Å². The van der Waals surface area contributed by atoms with Crippen molar-refractivity contribution >= 4 is 17.5 Å². The summed E-state index contributed by atoms with van der Waals surface area (Å²) in [5.74, 6) is 0.583. The molecular formula is C20H24N4O4. The molecule has 1 aromatic heterocycles. The van der Waals surface area contributed by atoms with E-state index < -0.39 is 12.0 Å². The summed E-state index contributed by atoms with van der Waals surface area (Å²) in [5.41, 5.74) is 0.290. The molecule has 1 aliphatic heterocycles. The highest BCUT2D eigenvalue weighted by Gasteiger charge is 2.48. The highest BCUT2D eigenvalue weighted by Crippen LogP contribution is 2.43. The molecule has 2 aliphatic rings. The molecule has 0 spiro atoms. The van der Waals surface area contributed by atoms with Crippen molar-refractivity contribution in [2.45, 2.75) is 37.8 Å². The number of aryl methyl sites for hydroxylation is 1. The third-order valence-electron chi connectivity index (χ3n) is 5.50. The molecule has 2 aromatic rings.